The number of benzene rings is 2. The van der Waals surface area contributed by atoms with E-state index < -0.39 is 11.7 Å². The Labute approximate surface area is 165 Å². The van der Waals surface area contributed by atoms with Crippen LogP contribution in [0.25, 0.3) is 0 Å². The highest BCUT2D eigenvalue weighted by Crippen LogP contribution is 2.29. The van der Waals surface area contributed by atoms with E-state index in [-0.39, 0.29) is 24.9 Å². The molecule has 148 valence electrons. The lowest BCUT2D eigenvalue weighted by Gasteiger charge is -2.34. The molecular weight excluding hydrogens is 393 g/mol. The molecule has 0 atom stereocenters. The number of carbonyl (C=O) groups excluding carboxylic acids is 2. The van der Waals surface area contributed by atoms with Crippen molar-refractivity contribution in [3.8, 4) is 0 Å². The summed E-state index contributed by atoms with van der Waals surface area (Å²) in [6.07, 6.45) is -4.39. The van der Waals surface area contributed by atoms with Gasteiger partial charge in [-0.25, -0.2) is 0 Å². The zero-order valence-corrected chi connectivity index (χ0v) is 15.8. The molecule has 4 nitrogen and oxygen atoms in total. The minimum absolute atomic E-state index is 0.0936. The number of rotatable bonds is 3. The smallest absolute Gasteiger partial charge is 0.335 e. The third-order valence-electron chi connectivity index (χ3n) is 4.62. The SMILES string of the molecule is Cc1ccc(C(=O)N2CCN(Cc3ccc(C(F)(F)F)cc3)C(=O)C2)c(Cl)c1. The van der Waals surface area contributed by atoms with Crippen LogP contribution in [0.15, 0.2) is 42.5 Å². The molecule has 1 aliphatic rings. The Bertz CT molecular complexity index is 897. The molecule has 3 rings (SSSR count). The van der Waals surface area contributed by atoms with Crippen LogP contribution in [-0.2, 0) is 17.5 Å². The number of alkyl halides is 3. The van der Waals surface area contributed by atoms with Gasteiger partial charge in [0, 0.05) is 19.6 Å². The van der Waals surface area contributed by atoms with Gasteiger partial charge in [-0.1, -0.05) is 29.8 Å². The van der Waals surface area contributed by atoms with Crippen LogP contribution in [0.4, 0.5) is 13.2 Å². The summed E-state index contributed by atoms with van der Waals surface area (Å²) in [7, 11) is 0. The van der Waals surface area contributed by atoms with Gasteiger partial charge in [0.2, 0.25) is 5.91 Å². The molecule has 0 radical (unpaired) electrons. The molecule has 0 spiro atoms. The first kappa shape index (κ1) is 20.2. The molecule has 0 bridgehead atoms. The van der Waals surface area contributed by atoms with E-state index in [0.717, 1.165) is 17.7 Å². The molecule has 1 fully saturated rings. The highest BCUT2D eigenvalue weighted by atomic mass is 35.5. The number of halogens is 4. The Morgan fingerprint density at radius 2 is 1.79 bits per heavy atom. The van der Waals surface area contributed by atoms with Gasteiger partial charge in [-0.3, -0.25) is 9.59 Å². The summed E-state index contributed by atoms with van der Waals surface area (Å²) in [5, 5.41) is 0.338. The summed E-state index contributed by atoms with van der Waals surface area (Å²) in [4.78, 5) is 28.0. The second kappa shape index (κ2) is 7.83. The molecule has 28 heavy (non-hydrogen) atoms. The van der Waals surface area contributed by atoms with Gasteiger partial charge in [0.25, 0.3) is 5.91 Å². The van der Waals surface area contributed by atoms with E-state index in [2.05, 4.69) is 0 Å². The van der Waals surface area contributed by atoms with Crippen LogP contribution >= 0.6 is 11.6 Å². The Balaban J connectivity index is 1.63. The van der Waals surface area contributed by atoms with Gasteiger partial charge in [0.05, 0.1) is 16.1 Å². The van der Waals surface area contributed by atoms with E-state index in [1.807, 2.05) is 6.92 Å². The maximum atomic E-state index is 12.6. The molecule has 2 amide bonds. The third kappa shape index (κ3) is 4.47. The molecule has 0 aliphatic carbocycles. The van der Waals surface area contributed by atoms with Crippen LogP contribution in [0, 0.1) is 6.92 Å². The zero-order chi connectivity index (χ0) is 20.5. The van der Waals surface area contributed by atoms with Gasteiger partial charge in [-0.05, 0) is 42.3 Å². The quantitative estimate of drug-likeness (QED) is 0.762. The number of aryl methyl sites for hydroxylation is 1. The summed E-state index contributed by atoms with van der Waals surface area (Å²) >= 11 is 6.14. The highest BCUT2D eigenvalue weighted by molar-refractivity contribution is 6.33. The molecule has 0 saturated carbocycles. The summed E-state index contributed by atoms with van der Waals surface area (Å²) in [5.41, 5.74) is 1.14. The lowest BCUT2D eigenvalue weighted by Crippen LogP contribution is -2.51. The Morgan fingerprint density at radius 3 is 2.36 bits per heavy atom. The van der Waals surface area contributed by atoms with Gasteiger partial charge in [-0.15, -0.1) is 0 Å². The number of hydrogen-bond acceptors (Lipinski definition) is 2. The predicted molar refractivity (Wildman–Crippen MR) is 99.0 cm³/mol. The largest absolute Gasteiger partial charge is 0.416 e. The van der Waals surface area contributed by atoms with E-state index in [0.29, 0.717) is 29.2 Å². The first-order chi connectivity index (χ1) is 13.1. The van der Waals surface area contributed by atoms with Crippen LogP contribution in [0.5, 0.6) is 0 Å². The summed E-state index contributed by atoms with van der Waals surface area (Å²) in [6.45, 7) is 2.60. The molecule has 0 unspecified atom stereocenters. The minimum Gasteiger partial charge on any atom is -0.335 e. The van der Waals surface area contributed by atoms with Crippen molar-refractivity contribution < 1.29 is 22.8 Å². The van der Waals surface area contributed by atoms with Crippen molar-refractivity contribution in [2.24, 2.45) is 0 Å². The molecule has 8 heteroatoms. The molecule has 1 aliphatic heterocycles. The number of hydrogen-bond donors (Lipinski definition) is 0. The van der Waals surface area contributed by atoms with E-state index in [4.69, 9.17) is 11.6 Å². The maximum Gasteiger partial charge on any atom is 0.416 e. The van der Waals surface area contributed by atoms with Crippen LogP contribution in [0.3, 0.4) is 0 Å². The van der Waals surface area contributed by atoms with Crippen molar-refractivity contribution in [3.63, 3.8) is 0 Å². The normalized spacial score (nSPS) is 15.1. The average molecular weight is 411 g/mol. The number of nitrogens with zero attached hydrogens (tertiary/aromatic N) is 2. The maximum absolute atomic E-state index is 12.6. The predicted octanol–water partition coefficient (Wildman–Crippen LogP) is 4.15. The van der Waals surface area contributed by atoms with Crippen LogP contribution in [0.1, 0.15) is 27.0 Å². The van der Waals surface area contributed by atoms with Crippen molar-refractivity contribution >= 4 is 23.4 Å². The number of carbonyl (C=O) groups is 2. The van der Waals surface area contributed by atoms with Crippen LogP contribution in [-0.4, -0.2) is 41.2 Å². The van der Waals surface area contributed by atoms with Crippen molar-refractivity contribution in [3.05, 3.63) is 69.7 Å². The second-order valence-corrected chi connectivity index (χ2v) is 7.13. The van der Waals surface area contributed by atoms with Crippen molar-refractivity contribution in [1.82, 2.24) is 9.80 Å². The Morgan fingerprint density at radius 1 is 1.11 bits per heavy atom. The Kier molecular flexibility index (Phi) is 5.65. The standard InChI is InChI=1S/C20H18ClF3N2O2/c1-13-2-7-16(17(21)10-13)19(28)26-9-8-25(18(27)12-26)11-14-3-5-15(6-4-14)20(22,23)24/h2-7,10H,8-9,11-12H2,1H3. The summed E-state index contributed by atoms with van der Waals surface area (Å²) in [5.74, 6) is -0.574. The molecule has 0 N–H and O–H groups in total. The van der Waals surface area contributed by atoms with Crippen LogP contribution in [0.2, 0.25) is 5.02 Å². The zero-order valence-electron chi connectivity index (χ0n) is 15.1. The van der Waals surface area contributed by atoms with Crippen molar-refractivity contribution in [2.45, 2.75) is 19.6 Å². The van der Waals surface area contributed by atoms with Crippen LogP contribution < -0.4 is 0 Å². The fraction of sp³-hybridized carbons (Fsp3) is 0.300. The van der Waals surface area contributed by atoms with Gasteiger partial charge >= 0.3 is 6.18 Å². The molecule has 2 aromatic rings. The van der Waals surface area contributed by atoms with Gasteiger partial charge in [-0.2, -0.15) is 13.2 Å². The highest BCUT2D eigenvalue weighted by Gasteiger charge is 2.31. The molecule has 2 aromatic carbocycles. The van der Waals surface area contributed by atoms with E-state index in [9.17, 15) is 22.8 Å². The fourth-order valence-electron chi connectivity index (χ4n) is 3.03. The van der Waals surface area contributed by atoms with Crippen molar-refractivity contribution in [2.75, 3.05) is 19.6 Å². The second-order valence-electron chi connectivity index (χ2n) is 6.72. The number of amides is 2. The topological polar surface area (TPSA) is 40.6 Å². The third-order valence-corrected chi connectivity index (χ3v) is 4.93. The van der Waals surface area contributed by atoms with Gasteiger partial charge in [0.15, 0.2) is 0 Å². The summed E-state index contributed by atoms with van der Waals surface area (Å²) < 4.78 is 37.9. The fourth-order valence-corrected chi connectivity index (χ4v) is 3.35. The first-order valence-corrected chi connectivity index (χ1v) is 9.02. The minimum atomic E-state index is -4.39. The lowest BCUT2D eigenvalue weighted by molar-refractivity contribution is -0.138. The molecule has 1 heterocycles. The Hall–Kier alpha value is -2.54. The van der Waals surface area contributed by atoms with Gasteiger partial charge in [0.1, 0.15) is 6.54 Å². The van der Waals surface area contributed by atoms with E-state index in [1.54, 1.807) is 18.2 Å². The monoisotopic (exact) mass is 410 g/mol. The number of piperazine rings is 1. The van der Waals surface area contributed by atoms with Crippen molar-refractivity contribution in [1.29, 1.82) is 0 Å². The lowest BCUT2D eigenvalue weighted by atomic mass is 10.1. The van der Waals surface area contributed by atoms with E-state index >= 15 is 0 Å². The first-order valence-electron chi connectivity index (χ1n) is 8.64. The molecular formula is C20H18ClF3N2O2. The molecule has 1 saturated heterocycles. The summed E-state index contributed by atoms with van der Waals surface area (Å²) in [6, 6.07) is 9.83. The van der Waals surface area contributed by atoms with E-state index in [1.165, 1.54) is 21.9 Å². The molecule has 0 aromatic heterocycles. The van der Waals surface area contributed by atoms with Gasteiger partial charge < -0.3 is 9.80 Å². The average Bonchev–Trinajstić information content (AvgIpc) is 2.62.